The van der Waals surface area contributed by atoms with Crippen LogP contribution in [0, 0.1) is 11.3 Å². The third kappa shape index (κ3) is 2.27. The van der Waals surface area contributed by atoms with Gasteiger partial charge in [0.25, 0.3) is 0 Å². The molecular formula is C18H19N5O2S. The fourth-order valence-electron chi connectivity index (χ4n) is 4.40. The minimum atomic E-state index is -0.0617. The van der Waals surface area contributed by atoms with Crippen LogP contribution in [0.15, 0.2) is 12.1 Å². The molecule has 1 aromatic heterocycles. The largest absolute Gasteiger partial charge is 0.493 e. The fraction of sp³-hybridized carbons (Fsp3) is 0.500. The smallest absolute Gasteiger partial charge is 0.324 e. The van der Waals surface area contributed by atoms with Crippen LogP contribution in [-0.2, 0) is 6.42 Å². The number of carbonyl (C=O) groups excluding carboxylic acids is 1. The van der Waals surface area contributed by atoms with E-state index in [1.807, 2.05) is 24.1 Å². The summed E-state index contributed by atoms with van der Waals surface area (Å²) < 4.78 is 6.73. The minimum Gasteiger partial charge on any atom is -0.493 e. The molecule has 1 saturated carbocycles. The number of anilines is 1. The molecule has 5 rings (SSSR count). The van der Waals surface area contributed by atoms with Gasteiger partial charge in [0.15, 0.2) is 5.13 Å². The summed E-state index contributed by atoms with van der Waals surface area (Å²) in [4.78, 5) is 21.3. The van der Waals surface area contributed by atoms with Gasteiger partial charge >= 0.3 is 6.03 Å². The average molecular weight is 369 g/mol. The average Bonchev–Trinajstić information content (AvgIpc) is 3.35. The summed E-state index contributed by atoms with van der Waals surface area (Å²) in [6.45, 7) is 1.11. The zero-order valence-corrected chi connectivity index (χ0v) is 15.3. The van der Waals surface area contributed by atoms with E-state index in [1.54, 1.807) is 11.3 Å². The first kappa shape index (κ1) is 15.9. The lowest BCUT2D eigenvalue weighted by Crippen LogP contribution is -2.38. The van der Waals surface area contributed by atoms with E-state index in [0.29, 0.717) is 19.2 Å². The summed E-state index contributed by atoms with van der Waals surface area (Å²) in [6, 6.07) is 6.70. The van der Waals surface area contributed by atoms with Crippen molar-refractivity contribution in [2.24, 2.45) is 0 Å². The molecular weight excluding hydrogens is 350 g/mol. The lowest BCUT2D eigenvalue weighted by Gasteiger charge is -2.24. The SMILES string of the molecule is CN(CC#N)[C@@H]1C[C@H]2NC(=O)N(c3nc4c5c(ccc4s3)OCC5)[C@H]2C1. The van der Waals surface area contributed by atoms with Crippen molar-refractivity contribution in [3.63, 3.8) is 0 Å². The van der Waals surface area contributed by atoms with Crippen molar-refractivity contribution < 1.29 is 9.53 Å². The van der Waals surface area contributed by atoms with Gasteiger partial charge in [0, 0.05) is 18.0 Å². The van der Waals surface area contributed by atoms with Crippen LogP contribution < -0.4 is 15.0 Å². The minimum absolute atomic E-state index is 0.0617. The molecule has 2 aliphatic heterocycles. The maximum atomic E-state index is 12.6. The Morgan fingerprint density at radius 2 is 2.38 bits per heavy atom. The van der Waals surface area contributed by atoms with Gasteiger partial charge in [-0.25, -0.2) is 9.78 Å². The zero-order chi connectivity index (χ0) is 17.8. The highest BCUT2D eigenvalue weighted by molar-refractivity contribution is 7.22. The summed E-state index contributed by atoms with van der Waals surface area (Å²) in [7, 11) is 1.97. The topological polar surface area (TPSA) is 81.5 Å². The molecule has 0 unspecified atom stereocenters. The Morgan fingerprint density at radius 3 is 3.23 bits per heavy atom. The summed E-state index contributed by atoms with van der Waals surface area (Å²) in [5.41, 5.74) is 2.12. The second kappa shape index (κ2) is 5.83. The van der Waals surface area contributed by atoms with Gasteiger partial charge in [-0.2, -0.15) is 5.26 Å². The van der Waals surface area contributed by atoms with Crippen molar-refractivity contribution in [1.82, 2.24) is 15.2 Å². The van der Waals surface area contributed by atoms with Crippen LogP contribution >= 0.6 is 11.3 Å². The van der Waals surface area contributed by atoms with Crippen molar-refractivity contribution in [3.8, 4) is 11.8 Å². The second-order valence-corrected chi connectivity index (χ2v) is 8.18. The third-order valence-corrected chi connectivity index (χ3v) is 6.75. The molecule has 2 amide bonds. The summed E-state index contributed by atoms with van der Waals surface area (Å²) in [6.07, 6.45) is 2.60. The number of hydrogen-bond acceptors (Lipinski definition) is 6. The molecule has 8 heteroatoms. The number of urea groups is 1. The van der Waals surface area contributed by atoms with Crippen LogP contribution in [0.1, 0.15) is 18.4 Å². The first-order chi connectivity index (χ1) is 12.7. The highest BCUT2D eigenvalue weighted by Gasteiger charge is 2.48. The number of fused-ring (bicyclic) bond motifs is 4. The lowest BCUT2D eigenvalue weighted by atomic mass is 10.1. The van der Waals surface area contributed by atoms with Gasteiger partial charge in [-0.15, -0.1) is 0 Å². The van der Waals surface area contributed by atoms with Crippen molar-refractivity contribution in [3.05, 3.63) is 17.7 Å². The molecule has 2 aromatic rings. The Labute approximate surface area is 155 Å². The highest BCUT2D eigenvalue weighted by atomic mass is 32.1. The first-order valence-electron chi connectivity index (χ1n) is 8.88. The first-order valence-corrected chi connectivity index (χ1v) is 9.69. The maximum absolute atomic E-state index is 12.6. The molecule has 26 heavy (non-hydrogen) atoms. The molecule has 134 valence electrons. The number of aromatic nitrogens is 1. The van der Waals surface area contributed by atoms with Gasteiger partial charge < -0.3 is 10.1 Å². The number of nitrogens with one attached hydrogen (secondary N) is 1. The Kier molecular flexibility index (Phi) is 3.55. The van der Waals surface area contributed by atoms with Crippen LogP contribution in [0.5, 0.6) is 5.75 Å². The van der Waals surface area contributed by atoms with Crippen LogP contribution in [0.4, 0.5) is 9.93 Å². The molecule has 2 fully saturated rings. The van der Waals surface area contributed by atoms with Gasteiger partial charge in [-0.3, -0.25) is 9.80 Å². The van der Waals surface area contributed by atoms with Crippen LogP contribution in [-0.4, -0.2) is 54.2 Å². The standard InChI is InChI=1S/C18H19N5O2S/c1-22(6-5-19)10-8-12-13(9-10)23(17(24)20-12)18-21-16-11-4-7-25-14(11)2-3-15(16)26-18/h2-3,10,12-13H,4,6-9H2,1H3,(H,20,24)/t10-,12-,13+/m1/s1. The monoisotopic (exact) mass is 369 g/mol. The molecule has 0 bridgehead atoms. The number of amides is 2. The lowest BCUT2D eigenvalue weighted by molar-refractivity contribution is 0.242. The predicted molar refractivity (Wildman–Crippen MR) is 98.7 cm³/mol. The third-order valence-electron chi connectivity index (χ3n) is 5.73. The molecule has 1 N–H and O–H groups in total. The van der Waals surface area contributed by atoms with Crippen molar-refractivity contribution >= 4 is 32.7 Å². The van der Waals surface area contributed by atoms with Crippen molar-refractivity contribution in [2.45, 2.75) is 37.4 Å². The number of thiazole rings is 1. The number of nitriles is 1. The zero-order valence-electron chi connectivity index (χ0n) is 14.4. The van der Waals surface area contributed by atoms with Crippen LogP contribution in [0.2, 0.25) is 0 Å². The molecule has 1 saturated heterocycles. The van der Waals surface area contributed by atoms with Gasteiger partial charge in [0.05, 0.1) is 41.5 Å². The quantitative estimate of drug-likeness (QED) is 0.838. The van der Waals surface area contributed by atoms with E-state index in [0.717, 1.165) is 45.9 Å². The number of rotatable bonds is 3. The Bertz CT molecular complexity index is 936. The van der Waals surface area contributed by atoms with Crippen LogP contribution in [0.3, 0.4) is 0 Å². The molecule has 0 radical (unpaired) electrons. The van der Waals surface area contributed by atoms with E-state index in [-0.39, 0.29) is 18.1 Å². The van der Waals surface area contributed by atoms with E-state index in [2.05, 4.69) is 16.3 Å². The molecule has 1 aromatic carbocycles. The number of carbonyl (C=O) groups is 1. The number of nitrogens with zero attached hydrogens (tertiary/aromatic N) is 4. The molecule has 7 nitrogen and oxygen atoms in total. The van der Waals surface area contributed by atoms with Gasteiger partial charge in [-0.1, -0.05) is 11.3 Å². The molecule has 3 aliphatic rings. The van der Waals surface area contributed by atoms with E-state index in [4.69, 9.17) is 15.0 Å². The van der Waals surface area contributed by atoms with Crippen molar-refractivity contribution in [1.29, 1.82) is 5.26 Å². The summed E-state index contributed by atoms with van der Waals surface area (Å²) in [5.74, 6) is 0.914. The van der Waals surface area contributed by atoms with Gasteiger partial charge in [-0.05, 0) is 32.0 Å². The van der Waals surface area contributed by atoms with Crippen LogP contribution in [0.25, 0.3) is 10.2 Å². The Hall–Kier alpha value is -2.37. The number of benzene rings is 1. The number of hydrogen-bond donors (Lipinski definition) is 1. The van der Waals surface area contributed by atoms with E-state index >= 15 is 0 Å². The highest BCUT2D eigenvalue weighted by Crippen LogP contribution is 2.41. The maximum Gasteiger partial charge on any atom is 0.324 e. The normalized spacial score (nSPS) is 26.7. The van der Waals surface area contributed by atoms with E-state index < -0.39 is 0 Å². The number of ether oxygens (including phenoxy) is 1. The second-order valence-electron chi connectivity index (χ2n) is 7.18. The van der Waals surface area contributed by atoms with Gasteiger partial charge in [0.1, 0.15) is 5.75 Å². The van der Waals surface area contributed by atoms with Crippen molar-refractivity contribution in [2.75, 3.05) is 25.1 Å². The predicted octanol–water partition coefficient (Wildman–Crippen LogP) is 2.12. The molecule has 1 aliphatic carbocycles. The summed E-state index contributed by atoms with van der Waals surface area (Å²) in [5, 5.41) is 12.8. The van der Waals surface area contributed by atoms with E-state index in [9.17, 15) is 4.79 Å². The Morgan fingerprint density at radius 1 is 1.50 bits per heavy atom. The molecule has 0 spiro atoms. The molecule has 3 atom stereocenters. The Balaban J connectivity index is 1.47. The van der Waals surface area contributed by atoms with E-state index in [1.165, 1.54) is 0 Å². The fourth-order valence-corrected chi connectivity index (χ4v) is 5.45. The van der Waals surface area contributed by atoms with Gasteiger partial charge in [0.2, 0.25) is 0 Å². The molecule has 3 heterocycles. The summed E-state index contributed by atoms with van der Waals surface area (Å²) >= 11 is 1.57.